The number of phenols is 1. The van der Waals surface area contributed by atoms with Crippen molar-refractivity contribution < 1.29 is 24.3 Å². The molecule has 4 fully saturated rings. The number of allylic oxidation sites excluding steroid dienone is 2. The number of fused-ring (bicyclic) bond motifs is 4. The van der Waals surface area contributed by atoms with E-state index in [1.807, 2.05) is 60.7 Å². The third-order valence-corrected chi connectivity index (χ3v) is 13.4. The summed E-state index contributed by atoms with van der Waals surface area (Å²) in [5.74, 6) is -4.55. The second kappa shape index (κ2) is 13.6. The second-order valence-corrected chi connectivity index (χ2v) is 16.7. The van der Waals surface area contributed by atoms with Gasteiger partial charge in [0.05, 0.1) is 28.9 Å². The number of carbonyl (C=O) groups is 4. The lowest BCUT2D eigenvalue weighted by molar-refractivity contribution is -0.144. The Morgan fingerprint density at radius 1 is 0.796 bits per heavy atom. The summed E-state index contributed by atoms with van der Waals surface area (Å²) >= 11 is 10.0. The fraction of sp³-hybridized carbons (Fsp3) is 0.318. The lowest BCUT2D eigenvalue weighted by Gasteiger charge is -2.50. The first kappa shape index (κ1) is 35.2. The van der Waals surface area contributed by atoms with Crippen LogP contribution in [0.3, 0.4) is 0 Å². The number of aromatic hydroxyl groups is 1. The highest BCUT2D eigenvalue weighted by molar-refractivity contribution is 9.10. The van der Waals surface area contributed by atoms with Crippen molar-refractivity contribution in [1.82, 2.24) is 9.80 Å². The Morgan fingerprint density at radius 2 is 1.52 bits per heavy atom. The molecule has 4 aromatic rings. The van der Waals surface area contributed by atoms with Crippen molar-refractivity contribution in [3.63, 3.8) is 0 Å². The van der Waals surface area contributed by atoms with Gasteiger partial charge in [0.2, 0.25) is 23.6 Å². The van der Waals surface area contributed by atoms with E-state index in [0.29, 0.717) is 45.6 Å². The van der Waals surface area contributed by atoms with Crippen LogP contribution in [0.1, 0.15) is 48.3 Å². The molecule has 4 amide bonds. The van der Waals surface area contributed by atoms with Crippen LogP contribution in [0, 0.1) is 23.7 Å². The molecule has 0 spiro atoms. The molecule has 1 N–H and O–H groups in total. The van der Waals surface area contributed by atoms with Crippen LogP contribution in [0.5, 0.6) is 5.75 Å². The Balaban J connectivity index is 1.13. The Bertz CT molecular complexity index is 2210. The first-order valence-corrected chi connectivity index (χ1v) is 19.9. The predicted octanol–water partition coefficient (Wildman–Crippen LogP) is 7.64. The molecule has 54 heavy (non-hydrogen) atoms. The van der Waals surface area contributed by atoms with Crippen LogP contribution in [0.15, 0.2) is 119 Å². The smallest absolute Gasteiger partial charge is 0.246 e. The first-order chi connectivity index (χ1) is 26.2. The Morgan fingerprint density at radius 3 is 2.24 bits per heavy atom. The SMILES string of the molecule is O=C1[C@@H]2C[C@@H]3C(=CC[C@@H]4C(=O)N(C5CCN(Cc6ccccc6)CC5)C(=O)[C@@H]43)[C@H](c3cc(Br)ccc3O)[C@]2(c2ccccc2)C(=O)N1c1cccc(Cl)c1. The van der Waals surface area contributed by atoms with Crippen LogP contribution in [0.2, 0.25) is 5.02 Å². The summed E-state index contributed by atoms with van der Waals surface area (Å²) in [4.78, 5) is 64.6. The van der Waals surface area contributed by atoms with Gasteiger partial charge in [-0.3, -0.25) is 29.0 Å². The maximum absolute atomic E-state index is 15.4. The number of nitrogens with zero attached hydrogens (tertiary/aromatic N) is 3. The van der Waals surface area contributed by atoms with E-state index in [1.54, 1.807) is 41.3 Å². The Hall–Kier alpha value is -4.57. The molecule has 0 unspecified atom stereocenters. The van der Waals surface area contributed by atoms with E-state index in [-0.39, 0.29) is 35.9 Å². The van der Waals surface area contributed by atoms with E-state index in [4.69, 9.17) is 11.6 Å². The number of benzene rings is 4. The molecule has 8 nitrogen and oxygen atoms in total. The van der Waals surface area contributed by atoms with Gasteiger partial charge in [0, 0.05) is 46.7 Å². The van der Waals surface area contributed by atoms with Crippen molar-refractivity contribution in [2.45, 2.75) is 49.6 Å². The second-order valence-electron chi connectivity index (χ2n) is 15.3. The lowest BCUT2D eigenvalue weighted by Crippen LogP contribution is -2.53. The number of carbonyl (C=O) groups excluding carboxylic acids is 4. The van der Waals surface area contributed by atoms with Gasteiger partial charge >= 0.3 is 0 Å². The third-order valence-electron chi connectivity index (χ3n) is 12.7. The van der Waals surface area contributed by atoms with Crippen molar-refractivity contribution in [2.24, 2.45) is 23.7 Å². The quantitative estimate of drug-likeness (QED) is 0.159. The van der Waals surface area contributed by atoms with E-state index in [0.717, 1.165) is 25.2 Å². The number of anilines is 1. The summed E-state index contributed by atoms with van der Waals surface area (Å²) in [7, 11) is 0. The molecule has 10 heteroatoms. The number of piperidine rings is 1. The fourth-order valence-corrected chi connectivity index (χ4v) is 11.0. The van der Waals surface area contributed by atoms with Crippen molar-refractivity contribution in [2.75, 3.05) is 18.0 Å². The van der Waals surface area contributed by atoms with Gasteiger partial charge in [-0.05, 0) is 79.1 Å². The summed E-state index contributed by atoms with van der Waals surface area (Å²) in [6, 6.07) is 31.3. The lowest BCUT2D eigenvalue weighted by atomic mass is 9.49. The maximum Gasteiger partial charge on any atom is 0.246 e. The largest absolute Gasteiger partial charge is 0.508 e. The van der Waals surface area contributed by atoms with Crippen LogP contribution in [0.4, 0.5) is 5.69 Å². The highest BCUT2D eigenvalue weighted by Gasteiger charge is 2.70. The average Bonchev–Trinajstić information content (AvgIpc) is 3.57. The molecule has 0 bridgehead atoms. The van der Waals surface area contributed by atoms with E-state index in [9.17, 15) is 19.5 Å². The van der Waals surface area contributed by atoms with Gasteiger partial charge in [0.1, 0.15) is 5.75 Å². The molecule has 1 saturated carbocycles. The molecular formula is C44H39BrClN3O5. The number of rotatable bonds is 6. The molecule has 3 saturated heterocycles. The number of imide groups is 2. The fourth-order valence-electron chi connectivity index (χ4n) is 10.4. The van der Waals surface area contributed by atoms with Crippen LogP contribution in [0.25, 0.3) is 0 Å². The van der Waals surface area contributed by atoms with Gasteiger partial charge in [-0.2, -0.15) is 0 Å². The van der Waals surface area contributed by atoms with Gasteiger partial charge in [0.15, 0.2) is 0 Å². The maximum atomic E-state index is 15.4. The molecule has 0 aromatic heterocycles. The Labute approximate surface area is 327 Å². The van der Waals surface area contributed by atoms with Crippen molar-refractivity contribution in [3.8, 4) is 5.75 Å². The highest BCUT2D eigenvalue weighted by Crippen LogP contribution is 2.65. The minimum absolute atomic E-state index is 0.0138. The van der Waals surface area contributed by atoms with Gasteiger partial charge < -0.3 is 5.11 Å². The summed E-state index contributed by atoms with van der Waals surface area (Å²) in [6.07, 6.45) is 3.98. The molecule has 5 aliphatic rings. The van der Waals surface area contributed by atoms with E-state index in [2.05, 4.69) is 33.0 Å². The monoisotopic (exact) mass is 803 g/mol. The summed E-state index contributed by atoms with van der Waals surface area (Å²) < 4.78 is 0.701. The number of amides is 4. The minimum Gasteiger partial charge on any atom is -0.508 e. The molecule has 4 aromatic carbocycles. The van der Waals surface area contributed by atoms with Gasteiger partial charge in [-0.1, -0.05) is 106 Å². The van der Waals surface area contributed by atoms with Crippen LogP contribution in [-0.4, -0.2) is 57.7 Å². The summed E-state index contributed by atoms with van der Waals surface area (Å²) in [5.41, 5.74) is 2.11. The average molecular weight is 805 g/mol. The highest BCUT2D eigenvalue weighted by atomic mass is 79.9. The Kier molecular flexibility index (Phi) is 8.87. The van der Waals surface area contributed by atoms with Crippen molar-refractivity contribution in [1.29, 1.82) is 0 Å². The molecule has 274 valence electrons. The van der Waals surface area contributed by atoms with E-state index < -0.39 is 40.9 Å². The van der Waals surface area contributed by atoms with Crippen LogP contribution >= 0.6 is 27.5 Å². The molecular weight excluding hydrogens is 766 g/mol. The summed E-state index contributed by atoms with van der Waals surface area (Å²) in [6.45, 7) is 2.38. The standard InChI is InChI=1S/C44H39BrClN3O5/c45-28-14-17-37(50)35(22-28)39-32-15-16-33-38(42(53)48(40(33)51)30-18-20-47(21-19-30)25-26-8-3-1-4-9-26)34(32)24-36-41(52)49(31-13-7-12-29(46)23-31)43(54)44(36,39)27-10-5-2-6-11-27/h1-15,17,22-23,30,33-34,36,38-39,50H,16,18-21,24-25H2/t33-,34+,36-,38-,39+,44+/m0/s1. The zero-order valence-corrected chi connectivity index (χ0v) is 31.8. The topological polar surface area (TPSA) is 98.2 Å². The molecule has 3 heterocycles. The van der Waals surface area contributed by atoms with E-state index in [1.165, 1.54) is 10.5 Å². The number of phenolic OH excluding ortho intramolecular Hbond substituents is 1. The van der Waals surface area contributed by atoms with Crippen LogP contribution in [-0.2, 0) is 31.1 Å². The number of likely N-dealkylation sites (tertiary alicyclic amines) is 2. The van der Waals surface area contributed by atoms with Gasteiger partial charge in [-0.25, -0.2) is 4.90 Å². The predicted molar refractivity (Wildman–Crippen MR) is 208 cm³/mol. The van der Waals surface area contributed by atoms with E-state index >= 15 is 4.79 Å². The number of halogens is 2. The molecule has 2 aliphatic carbocycles. The first-order valence-electron chi connectivity index (χ1n) is 18.7. The van der Waals surface area contributed by atoms with Crippen LogP contribution < -0.4 is 4.90 Å². The van der Waals surface area contributed by atoms with Crippen molar-refractivity contribution in [3.05, 3.63) is 141 Å². The minimum atomic E-state index is -1.45. The molecule has 3 aliphatic heterocycles. The third kappa shape index (κ3) is 5.41. The zero-order valence-electron chi connectivity index (χ0n) is 29.5. The summed E-state index contributed by atoms with van der Waals surface area (Å²) in [5, 5.41) is 12.0. The zero-order chi connectivity index (χ0) is 37.3. The van der Waals surface area contributed by atoms with Gasteiger partial charge in [0.25, 0.3) is 0 Å². The normalized spacial score (nSPS) is 28.6. The van der Waals surface area contributed by atoms with Gasteiger partial charge in [-0.15, -0.1) is 0 Å². The van der Waals surface area contributed by atoms with Crippen molar-refractivity contribution >= 4 is 56.8 Å². The molecule has 9 rings (SSSR count). The number of hydrogen-bond acceptors (Lipinski definition) is 6. The molecule has 0 radical (unpaired) electrons. The molecule has 6 atom stereocenters. The number of hydrogen-bond donors (Lipinski definition) is 1.